The number of aromatic nitrogens is 3. The number of benzene rings is 1. The number of H-pyrrole nitrogens is 1. The molecule has 2 aromatic heterocycles. The Morgan fingerprint density at radius 2 is 1.74 bits per heavy atom. The first-order valence-corrected chi connectivity index (χ1v) is 8.33. The third-order valence-electron chi connectivity index (χ3n) is 4.24. The first-order valence-electron chi connectivity index (χ1n) is 8.33. The minimum absolute atomic E-state index is 0.0704. The van der Waals surface area contributed by atoms with E-state index in [1.54, 1.807) is 31.2 Å². The minimum Gasteiger partial charge on any atom is -0.340 e. The van der Waals surface area contributed by atoms with E-state index in [2.05, 4.69) is 15.6 Å². The molecule has 0 bridgehead atoms. The second-order valence-corrected chi connectivity index (χ2v) is 6.03. The monoisotopic (exact) mass is 369 g/mol. The normalized spacial score (nSPS) is 10.8. The molecule has 0 saturated carbocycles. The van der Waals surface area contributed by atoms with E-state index in [1.165, 1.54) is 18.7 Å². The molecule has 0 aliphatic rings. The Kier molecular flexibility index (Phi) is 4.68. The second-order valence-electron chi connectivity index (χ2n) is 6.03. The van der Waals surface area contributed by atoms with Gasteiger partial charge >= 0.3 is 5.69 Å². The van der Waals surface area contributed by atoms with Crippen molar-refractivity contribution in [2.75, 3.05) is 10.6 Å². The fraction of sp³-hybridized carbons (Fsp3) is 0.222. The van der Waals surface area contributed by atoms with E-state index in [1.807, 2.05) is 6.07 Å². The van der Waals surface area contributed by atoms with Gasteiger partial charge in [0.2, 0.25) is 11.3 Å². The van der Waals surface area contributed by atoms with Crippen molar-refractivity contribution in [3.05, 3.63) is 61.4 Å². The number of amides is 1. The zero-order chi connectivity index (χ0) is 19.7. The van der Waals surface area contributed by atoms with Gasteiger partial charge in [0.05, 0.1) is 0 Å². The van der Waals surface area contributed by atoms with Gasteiger partial charge in [-0.05, 0) is 12.1 Å². The van der Waals surface area contributed by atoms with Crippen molar-refractivity contribution >= 4 is 34.1 Å². The number of carbonyl (C=O) groups excluding carboxylic acids is 1. The zero-order valence-electron chi connectivity index (χ0n) is 15.1. The summed E-state index contributed by atoms with van der Waals surface area (Å²) in [6.07, 6.45) is 0.160. The molecule has 3 rings (SSSR count). The van der Waals surface area contributed by atoms with Crippen LogP contribution in [0.15, 0.2) is 44.7 Å². The fourth-order valence-electron chi connectivity index (χ4n) is 2.72. The Balaban J connectivity index is 2.37. The van der Waals surface area contributed by atoms with E-state index in [0.717, 1.165) is 4.57 Å². The van der Waals surface area contributed by atoms with Gasteiger partial charge in [-0.25, -0.2) is 4.79 Å². The maximum atomic E-state index is 13.0. The number of fused-ring (bicyclic) bond motifs is 1. The van der Waals surface area contributed by atoms with Gasteiger partial charge in [-0.1, -0.05) is 25.1 Å². The highest BCUT2D eigenvalue weighted by molar-refractivity contribution is 5.96. The number of aromatic amines is 1. The van der Waals surface area contributed by atoms with Gasteiger partial charge in [-0.2, -0.15) is 0 Å². The van der Waals surface area contributed by atoms with Gasteiger partial charge in [-0.15, -0.1) is 0 Å². The quantitative estimate of drug-likeness (QED) is 0.634. The summed E-state index contributed by atoms with van der Waals surface area (Å²) in [5, 5.41) is 5.36. The molecule has 9 nitrogen and oxygen atoms in total. The molecule has 0 unspecified atom stereocenters. The highest BCUT2D eigenvalue weighted by Crippen LogP contribution is 2.22. The average molecular weight is 369 g/mol. The van der Waals surface area contributed by atoms with E-state index < -0.39 is 16.7 Å². The fourth-order valence-corrected chi connectivity index (χ4v) is 2.72. The van der Waals surface area contributed by atoms with Crippen molar-refractivity contribution in [2.24, 2.45) is 14.1 Å². The summed E-state index contributed by atoms with van der Waals surface area (Å²) in [5.74, 6) is -0.193. The lowest BCUT2D eigenvalue weighted by molar-refractivity contribution is -0.115. The van der Waals surface area contributed by atoms with Crippen LogP contribution >= 0.6 is 0 Å². The summed E-state index contributed by atoms with van der Waals surface area (Å²) in [7, 11) is 2.75. The number of nitrogens with zero attached hydrogens (tertiary/aromatic N) is 2. The number of aryl methyl sites for hydroxylation is 1. The standard InChI is InChI=1S/C18H19N5O4/c1-4-11(24)20-13-14(25)12-16(22(2)18(27)23(3)17(12)26)21-15(13)19-10-8-6-5-7-9-10/h5-9H,4H2,1-3H3,(H,20,24)(H2,19,21,25). The predicted octanol–water partition coefficient (Wildman–Crippen LogP) is 1.02. The number of hydrogen-bond donors (Lipinski definition) is 3. The van der Waals surface area contributed by atoms with E-state index in [9.17, 15) is 19.2 Å². The van der Waals surface area contributed by atoms with Gasteiger partial charge in [0, 0.05) is 26.2 Å². The van der Waals surface area contributed by atoms with E-state index in [4.69, 9.17) is 0 Å². The minimum atomic E-state index is -0.729. The largest absolute Gasteiger partial charge is 0.340 e. The maximum absolute atomic E-state index is 13.0. The molecule has 9 heteroatoms. The molecule has 0 radical (unpaired) electrons. The van der Waals surface area contributed by atoms with Crippen LogP contribution in [0.25, 0.3) is 11.0 Å². The Bertz CT molecular complexity index is 1200. The Morgan fingerprint density at radius 1 is 1.07 bits per heavy atom. The topological polar surface area (TPSA) is 118 Å². The molecule has 0 aliphatic heterocycles. The van der Waals surface area contributed by atoms with Crippen LogP contribution < -0.4 is 27.3 Å². The molecule has 0 fully saturated rings. The number of anilines is 3. The molecule has 0 spiro atoms. The van der Waals surface area contributed by atoms with E-state index in [0.29, 0.717) is 5.69 Å². The summed E-state index contributed by atoms with van der Waals surface area (Å²) in [4.78, 5) is 52.6. The van der Waals surface area contributed by atoms with Crippen molar-refractivity contribution in [3.8, 4) is 0 Å². The lowest BCUT2D eigenvalue weighted by Crippen LogP contribution is -2.40. The zero-order valence-corrected chi connectivity index (χ0v) is 15.1. The summed E-state index contributed by atoms with van der Waals surface area (Å²) >= 11 is 0. The Morgan fingerprint density at radius 3 is 2.37 bits per heavy atom. The molecular formula is C18H19N5O4. The maximum Gasteiger partial charge on any atom is 0.332 e. The van der Waals surface area contributed by atoms with E-state index >= 15 is 0 Å². The van der Waals surface area contributed by atoms with Crippen LogP contribution in [0.1, 0.15) is 13.3 Å². The van der Waals surface area contributed by atoms with Crippen LogP contribution in [0.2, 0.25) is 0 Å². The number of hydrogen-bond acceptors (Lipinski definition) is 5. The summed E-state index contributed by atoms with van der Waals surface area (Å²) < 4.78 is 2.03. The first kappa shape index (κ1) is 18.2. The summed E-state index contributed by atoms with van der Waals surface area (Å²) in [5.41, 5.74) is -1.31. The van der Waals surface area contributed by atoms with Crippen molar-refractivity contribution in [2.45, 2.75) is 13.3 Å². The van der Waals surface area contributed by atoms with Gasteiger partial charge < -0.3 is 15.6 Å². The highest BCUT2D eigenvalue weighted by atomic mass is 16.2. The van der Waals surface area contributed by atoms with Crippen LogP contribution in [0.5, 0.6) is 0 Å². The molecule has 0 atom stereocenters. The smallest absolute Gasteiger partial charge is 0.332 e. The summed E-state index contributed by atoms with van der Waals surface area (Å²) in [6, 6.07) is 8.99. The molecule has 140 valence electrons. The molecule has 2 heterocycles. The van der Waals surface area contributed by atoms with E-state index in [-0.39, 0.29) is 34.9 Å². The lowest BCUT2D eigenvalue weighted by Gasteiger charge is -2.15. The molecule has 1 amide bonds. The van der Waals surface area contributed by atoms with Crippen molar-refractivity contribution in [3.63, 3.8) is 0 Å². The Hall–Kier alpha value is -3.62. The molecule has 3 N–H and O–H groups in total. The summed E-state index contributed by atoms with van der Waals surface area (Å²) in [6.45, 7) is 1.65. The van der Waals surface area contributed by atoms with Gasteiger partial charge in [-0.3, -0.25) is 23.5 Å². The number of pyridine rings is 1. The van der Waals surface area contributed by atoms with Gasteiger partial charge in [0.25, 0.3) is 5.56 Å². The lowest BCUT2D eigenvalue weighted by atomic mass is 10.2. The molecule has 0 aliphatic carbocycles. The Labute approximate surface area is 153 Å². The number of nitrogens with one attached hydrogen (secondary N) is 3. The molecule has 1 aromatic carbocycles. The highest BCUT2D eigenvalue weighted by Gasteiger charge is 2.20. The number of para-hydroxylation sites is 1. The third-order valence-corrected chi connectivity index (χ3v) is 4.24. The van der Waals surface area contributed by atoms with Crippen LogP contribution in [0.4, 0.5) is 17.2 Å². The molecule has 27 heavy (non-hydrogen) atoms. The molecular weight excluding hydrogens is 350 g/mol. The molecule has 0 saturated heterocycles. The molecule has 3 aromatic rings. The van der Waals surface area contributed by atoms with Crippen LogP contribution in [-0.4, -0.2) is 20.0 Å². The predicted molar refractivity (Wildman–Crippen MR) is 104 cm³/mol. The average Bonchev–Trinajstić information content (AvgIpc) is 2.67. The SMILES string of the molecule is CCC(=O)Nc1c(Nc2ccccc2)[nH]c2c(c1=O)c(=O)n(C)c(=O)n2C. The van der Waals surface area contributed by atoms with Crippen LogP contribution in [0.3, 0.4) is 0 Å². The van der Waals surface area contributed by atoms with Crippen molar-refractivity contribution in [1.82, 2.24) is 14.1 Å². The van der Waals surface area contributed by atoms with Crippen molar-refractivity contribution < 1.29 is 4.79 Å². The third kappa shape index (κ3) is 3.14. The van der Waals surface area contributed by atoms with Crippen LogP contribution in [-0.2, 0) is 18.9 Å². The first-order chi connectivity index (χ1) is 12.8. The van der Waals surface area contributed by atoms with Crippen LogP contribution in [0, 0.1) is 0 Å². The van der Waals surface area contributed by atoms with Crippen molar-refractivity contribution in [1.29, 1.82) is 0 Å². The second kappa shape index (κ2) is 6.94. The number of rotatable bonds is 4. The van der Waals surface area contributed by atoms with Gasteiger partial charge in [0.15, 0.2) is 0 Å². The van der Waals surface area contributed by atoms with Gasteiger partial charge in [0.1, 0.15) is 22.5 Å². The number of carbonyl (C=O) groups is 1.